The minimum Gasteiger partial charge on any atom is -0.361 e. The molecule has 1 aromatic rings. The van der Waals surface area contributed by atoms with Crippen LogP contribution in [-0.2, 0) is 11.2 Å². The number of hydrogen-bond donors (Lipinski definition) is 0. The highest BCUT2D eigenvalue weighted by molar-refractivity contribution is 6.30. The standard InChI is InChI=1S/C11H11ClN2O/c1-8(11(15)7-14-13)6-9-2-4-10(12)5-3-9/h2-5,7-8H,6H2,1H3/t8-/m0/s1. The third-order valence-electron chi connectivity index (χ3n) is 2.13. The fourth-order valence-electron chi connectivity index (χ4n) is 1.26. The summed E-state index contributed by atoms with van der Waals surface area (Å²) in [7, 11) is 0. The van der Waals surface area contributed by atoms with E-state index in [0.29, 0.717) is 11.4 Å². The fraction of sp³-hybridized carbons (Fsp3) is 0.273. The second-order valence-corrected chi connectivity index (χ2v) is 3.82. The molecule has 15 heavy (non-hydrogen) atoms. The van der Waals surface area contributed by atoms with Crippen molar-refractivity contribution in [1.82, 2.24) is 0 Å². The highest BCUT2D eigenvalue weighted by Gasteiger charge is 2.14. The number of rotatable bonds is 4. The molecule has 0 fully saturated rings. The summed E-state index contributed by atoms with van der Waals surface area (Å²) < 4.78 is 0. The van der Waals surface area contributed by atoms with Crippen LogP contribution in [0, 0.1) is 5.92 Å². The van der Waals surface area contributed by atoms with Gasteiger partial charge in [-0.05, 0) is 24.1 Å². The van der Waals surface area contributed by atoms with Crippen LogP contribution >= 0.6 is 11.6 Å². The van der Waals surface area contributed by atoms with Gasteiger partial charge in [0, 0.05) is 10.9 Å². The molecule has 0 spiro atoms. The lowest BCUT2D eigenvalue weighted by Crippen LogP contribution is -2.15. The van der Waals surface area contributed by atoms with Gasteiger partial charge in [0.05, 0.1) is 0 Å². The van der Waals surface area contributed by atoms with E-state index in [0.717, 1.165) is 11.8 Å². The van der Waals surface area contributed by atoms with E-state index in [4.69, 9.17) is 17.1 Å². The van der Waals surface area contributed by atoms with E-state index < -0.39 is 0 Å². The molecule has 1 rings (SSSR count). The molecule has 1 atom stereocenters. The number of ketones is 1. The van der Waals surface area contributed by atoms with Crippen molar-refractivity contribution in [3.63, 3.8) is 0 Å². The highest BCUT2D eigenvalue weighted by Crippen LogP contribution is 2.13. The Morgan fingerprint density at radius 1 is 1.53 bits per heavy atom. The first-order valence-electron chi connectivity index (χ1n) is 4.59. The summed E-state index contributed by atoms with van der Waals surface area (Å²) >= 11 is 5.74. The molecule has 0 amide bonds. The van der Waals surface area contributed by atoms with Crippen molar-refractivity contribution in [2.75, 3.05) is 0 Å². The van der Waals surface area contributed by atoms with Crippen LogP contribution in [0.2, 0.25) is 5.02 Å². The Kier molecular flexibility index (Phi) is 4.22. The number of carbonyl (C=O) groups is 1. The Morgan fingerprint density at radius 3 is 2.67 bits per heavy atom. The minimum absolute atomic E-state index is 0.188. The molecule has 3 nitrogen and oxygen atoms in total. The molecule has 0 heterocycles. The maximum Gasteiger partial charge on any atom is 0.323 e. The maximum atomic E-state index is 11.3. The summed E-state index contributed by atoms with van der Waals surface area (Å²) in [5.74, 6) is -0.380. The third-order valence-corrected chi connectivity index (χ3v) is 2.38. The predicted molar refractivity (Wildman–Crippen MR) is 59.0 cm³/mol. The second kappa shape index (κ2) is 5.44. The molecule has 0 saturated heterocycles. The average molecular weight is 223 g/mol. The molecular weight excluding hydrogens is 212 g/mol. The molecule has 0 unspecified atom stereocenters. The third kappa shape index (κ3) is 3.66. The predicted octanol–water partition coefficient (Wildman–Crippen LogP) is 2.39. The summed E-state index contributed by atoms with van der Waals surface area (Å²) in [6, 6.07) is 7.33. The van der Waals surface area contributed by atoms with Gasteiger partial charge in [0.25, 0.3) is 0 Å². The van der Waals surface area contributed by atoms with Crippen LogP contribution in [0.1, 0.15) is 12.5 Å². The number of hydrogen-bond acceptors (Lipinski definition) is 1. The number of carbonyl (C=O) groups excluding carboxylic acids is 1. The molecule has 0 saturated carbocycles. The van der Waals surface area contributed by atoms with Crippen molar-refractivity contribution in [2.45, 2.75) is 13.3 Å². The molecule has 78 valence electrons. The largest absolute Gasteiger partial charge is 0.361 e. The van der Waals surface area contributed by atoms with E-state index in [-0.39, 0.29) is 11.7 Å². The summed E-state index contributed by atoms with van der Waals surface area (Å²) in [4.78, 5) is 14.0. The smallest absolute Gasteiger partial charge is 0.323 e. The van der Waals surface area contributed by atoms with Crippen LogP contribution in [0.3, 0.4) is 0 Å². The van der Waals surface area contributed by atoms with Gasteiger partial charge in [0.1, 0.15) is 0 Å². The van der Waals surface area contributed by atoms with E-state index in [2.05, 4.69) is 4.79 Å². The first kappa shape index (κ1) is 11.6. The van der Waals surface area contributed by atoms with E-state index >= 15 is 0 Å². The summed E-state index contributed by atoms with van der Waals surface area (Å²) in [6.45, 7) is 1.79. The SMILES string of the molecule is C[C@@H](Cc1ccc(Cl)cc1)C(=O)C=[N+]=[N-]. The average Bonchev–Trinajstić information content (AvgIpc) is 2.22. The zero-order valence-electron chi connectivity index (χ0n) is 8.35. The Labute approximate surface area is 93.3 Å². The van der Waals surface area contributed by atoms with Crippen LogP contribution < -0.4 is 0 Å². The van der Waals surface area contributed by atoms with Gasteiger partial charge in [-0.3, -0.25) is 4.79 Å². The molecule has 0 bridgehead atoms. The maximum absolute atomic E-state index is 11.3. The molecular formula is C11H11ClN2O. The quantitative estimate of drug-likeness (QED) is 0.438. The Morgan fingerprint density at radius 2 is 2.13 bits per heavy atom. The van der Waals surface area contributed by atoms with E-state index in [1.54, 1.807) is 19.1 Å². The first-order valence-corrected chi connectivity index (χ1v) is 4.97. The van der Waals surface area contributed by atoms with E-state index in [1.165, 1.54) is 0 Å². The zero-order chi connectivity index (χ0) is 11.3. The van der Waals surface area contributed by atoms with Gasteiger partial charge >= 0.3 is 6.21 Å². The number of halogens is 1. The number of benzene rings is 1. The van der Waals surface area contributed by atoms with Crippen molar-refractivity contribution in [2.24, 2.45) is 5.92 Å². The first-order chi connectivity index (χ1) is 7.13. The van der Waals surface area contributed by atoms with Crippen molar-refractivity contribution < 1.29 is 9.58 Å². The van der Waals surface area contributed by atoms with Crippen molar-refractivity contribution in [1.29, 1.82) is 0 Å². The van der Waals surface area contributed by atoms with Crippen molar-refractivity contribution in [3.8, 4) is 0 Å². The lowest BCUT2D eigenvalue weighted by molar-refractivity contribution is -0.119. The fourth-order valence-corrected chi connectivity index (χ4v) is 1.38. The van der Waals surface area contributed by atoms with Gasteiger partial charge in [0.15, 0.2) is 0 Å². The van der Waals surface area contributed by atoms with Crippen LogP contribution in [-0.4, -0.2) is 16.8 Å². The van der Waals surface area contributed by atoms with Crippen LogP contribution in [0.15, 0.2) is 24.3 Å². The van der Waals surface area contributed by atoms with Crippen molar-refractivity contribution >= 4 is 23.6 Å². The van der Waals surface area contributed by atoms with E-state index in [1.807, 2.05) is 12.1 Å². The summed E-state index contributed by atoms with van der Waals surface area (Å²) in [6.07, 6.45) is 1.54. The monoisotopic (exact) mass is 222 g/mol. The van der Waals surface area contributed by atoms with E-state index in [9.17, 15) is 4.79 Å². The van der Waals surface area contributed by atoms with Gasteiger partial charge in [-0.1, -0.05) is 30.7 Å². The molecule has 0 aliphatic heterocycles. The van der Waals surface area contributed by atoms with Gasteiger partial charge < -0.3 is 5.53 Å². The van der Waals surface area contributed by atoms with Crippen molar-refractivity contribution in [3.05, 3.63) is 40.4 Å². The highest BCUT2D eigenvalue weighted by atomic mass is 35.5. The minimum atomic E-state index is -0.193. The van der Waals surface area contributed by atoms with Gasteiger partial charge in [-0.25, -0.2) is 0 Å². The normalized spacial score (nSPS) is 11.6. The lowest BCUT2D eigenvalue weighted by atomic mass is 9.98. The van der Waals surface area contributed by atoms with Gasteiger partial charge in [-0.2, -0.15) is 4.79 Å². The molecule has 1 aromatic carbocycles. The van der Waals surface area contributed by atoms with Crippen LogP contribution in [0.5, 0.6) is 0 Å². The Bertz CT molecular complexity index is 394. The van der Waals surface area contributed by atoms with Crippen LogP contribution in [0.4, 0.5) is 0 Å². The molecule has 0 aliphatic rings. The number of nitrogens with zero attached hydrogens (tertiary/aromatic N) is 2. The number of Topliss-reactive ketones (excluding diaryl/α,β-unsaturated/α-hetero) is 1. The van der Waals surface area contributed by atoms with Gasteiger partial charge in [-0.15, -0.1) is 0 Å². The lowest BCUT2D eigenvalue weighted by Gasteiger charge is -2.05. The molecule has 0 N–H and O–H groups in total. The Hall–Kier alpha value is -1.44. The topological polar surface area (TPSA) is 53.5 Å². The summed E-state index contributed by atoms with van der Waals surface area (Å²) in [5.41, 5.74) is 9.25. The van der Waals surface area contributed by atoms with Gasteiger partial charge in [0.2, 0.25) is 5.78 Å². The molecule has 0 aliphatic carbocycles. The second-order valence-electron chi connectivity index (χ2n) is 3.38. The molecule has 4 heteroatoms. The molecule has 0 aromatic heterocycles. The Balaban J connectivity index is 2.65. The van der Waals surface area contributed by atoms with Crippen LogP contribution in [0.25, 0.3) is 5.53 Å². The molecule has 0 radical (unpaired) electrons. The summed E-state index contributed by atoms with van der Waals surface area (Å²) in [5, 5.41) is 0.676. The zero-order valence-corrected chi connectivity index (χ0v) is 9.11.